The van der Waals surface area contributed by atoms with E-state index in [1.165, 1.54) is 0 Å². The molecule has 3 heterocycles. The van der Waals surface area contributed by atoms with E-state index in [9.17, 15) is 14.4 Å². The zero-order valence-corrected chi connectivity index (χ0v) is 31.1. The van der Waals surface area contributed by atoms with E-state index in [-0.39, 0.29) is 47.5 Å². The van der Waals surface area contributed by atoms with Crippen LogP contribution in [0.3, 0.4) is 0 Å². The number of ether oxygens (including phenoxy) is 3. The first-order valence-electron chi connectivity index (χ1n) is 18.1. The molecule has 1 saturated heterocycles. The summed E-state index contributed by atoms with van der Waals surface area (Å²) in [4.78, 5) is 48.7. The minimum Gasteiger partial charge on any atom is -0.496 e. The van der Waals surface area contributed by atoms with Crippen LogP contribution < -0.4 is 30.0 Å². The highest BCUT2D eigenvalue weighted by Crippen LogP contribution is 2.52. The second-order valence-electron chi connectivity index (χ2n) is 14.8. The van der Waals surface area contributed by atoms with Gasteiger partial charge >= 0.3 is 0 Å². The van der Waals surface area contributed by atoms with Crippen LogP contribution in [0.5, 0.6) is 17.4 Å². The van der Waals surface area contributed by atoms with Gasteiger partial charge < -0.3 is 34.9 Å². The lowest BCUT2D eigenvalue weighted by molar-refractivity contribution is -0.140. The van der Waals surface area contributed by atoms with Gasteiger partial charge in [-0.05, 0) is 90.6 Å². The lowest BCUT2D eigenvalue weighted by Gasteiger charge is -2.29. The predicted molar refractivity (Wildman–Crippen MR) is 198 cm³/mol. The Labute approximate surface area is 298 Å². The van der Waals surface area contributed by atoms with Crippen molar-refractivity contribution in [2.75, 3.05) is 13.7 Å². The summed E-state index contributed by atoms with van der Waals surface area (Å²) in [6.07, 6.45) is 10.6. The maximum absolute atomic E-state index is 14.3. The molecule has 2 saturated carbocycles. The third kappa shape index (κ3) is 7.37. The molecule has 1 aromatic carbocycles. The maximum Gasteiger partial charge on any atom is 0.255 e. The molecule has 50 heavy (non-hydrogen) atoms. The number of nitrogens with two attached hydrogens (primary N) is 1. The number of methoxy groups -OCH3 is 1. The molecule has 2 aliphatic carbocycles. The zero-order chi connectivity index (χ0) is 35.8. The van der Waals surface area contributed by atoms with E-state index in [4.69, 9.17) is 24.9 Å². The monoisotopic (exact) mass is 707 g/mol. The second-order valence-corrected chi connectivity index (χ2v) is 17.1. The van der Waals surface area contributed by atoms with E-state index in [1.807, 2.05) is 39.8 Å². The highest BCUT2D eigenvalue weighted by molar-refractivity contribution is 8.15. The van der Waals surface area contributed by atoms with E-state index < -0.39 is 34.4 Å². The number of allylic oxidation sites excluding steroid dienone is 1. The van der Waals surface area contributed by atoms with E-state index in [2.05, 4.69) is 34.5 Å². The Morgan fingerprint density at radius 1 is 1.20 bits per heavy atom. The number of amides is 3. The predicted octanol–water partition coefficient (Wildman–Crippen LogP) is 5.08. The van der Waals surface area contributed by atoms with Gasteiger partial charge in [0.25, 0.3) is 5.91 Å². The maximum atomic E-state index is 14.3. The summed E-state index contributed by atoms with van der Waals surface area (Å²) in [6, 6.07) is 3.95. The molecule has 12 heteroatoms. The van der Waals surface area contributed by atoms with Gasteiger partial charge in [-0.15, -0.1) is 0 Å². The topological polar surface area (TPSA) is 145 Å². The molecule has 4 aliphatic rings. The molecule has 3 fully saturated rings. The first kappa shape index (κ1) is 36.2. The molecule has 0 radical (unpaired) electrons. The third-order valence-electron chi connectivity index (χ3n) is 10.6. The van der Waals surface area contributed by atoms with E-state index in [0.29, 0.717) is 35.7 Å². The molecule has 4 N–H and O–H groups in total. The summed E-state index contributed by atoms with van der Waals surface area (Å²) in [5.74, 6) is 0.733. The molecule has 2 aromatic rings. The Hall–Kier alpha value is -3.64. The lowest BCUT2D eigenvalue weighted by atomic mass is 10.1. The number of nitrogens with one attached hydrogen (secondary N) is 2. The van der Waals surface area contributed by atoms with Crippen LogP contribution in [0.1, 0.15) is 91.0 Å². The Morgan fingerprint density at radius 3 is 2.68 bits per heavy atom. The van der Waals surface area contributed by atoms with Gasteiger partial charge in [0.2, 0.25) is 17.7 Å². The zero-order valence-electron chi connectivity index (χ0n) is 30.3. The van der Waals surface area contributed by atoms with E-state index in [1.54, 1.807) is 18.1 Å². The highest BCUT2D eigenvalue weighted by Gasteiger charge is 2.61. The normalized spacial score (nSPS) is 29.2. The number of hydrogen-bond donors (Lipinski definition) is 3. The fourth-order valence-corrected chi connectivity index (χ4v) is 9.13. The van der Waals surface area contributed by atoms with Crippen molar-refractivity contribution in [3.8, 4) is 17.4 Å². The van der Waals surface area contributed by atoms with Crippen molar-refractivity contribution in [2.24, 2.45) is 11.7 Å². The fraction of sp³-hybridized carbons (Fsp3) is 0.605. The van der Waals surface area contributed by atoms with Crippen LogP contribution in [-0.2, 0) is 14.4 Å². The number of fused-ring (bicyclic) bond motifs is 3. The average Bonchev–Trinajstić information content (AvgIpc) is 3.95. The molecule has 1 aromatic heterocycles. The molecule has 1 unspecified atom stereocenters. The number of carbonyl (C=O) groups excluding carboxylic acids is 3. The molecular weight excluding hydrogens is 655 g/mol. The van der Waals surface area contributed by atoms with Crippen LogP contribution in [0.25, 0.3) is 10.9 Å². The Balaban J connectivity index is 1.30. The number of hydrogen-bond acceptors (Lipinski definition) is 8. The Bertz CT molecular complexity index is 1710. The van der Waals surface area contributed by atoms with Crippen molar-refractivity contribution in [3.63, 3.8) is 0 Å². The lowest BCUT2D eigenvalue weighted by Crippen LogP contribution is -2.56. The molecule has 2 aliphatic heterocycles. The molecule has 11 nitrogen and oxygen atoms in total. The highest BCUT2D eigenvalue weighted by atomic mass is 32.2. The molecule has 6 atom stereocenters. The first-order valence-corrected chi connectivity index (χ1v) is 19.4. The number of carbonyl (C=O) groups is 3. The van der Waals surface area contributed by atoms with Crippen molar-refractivity contribution in [1.82, 2.24) is 19.9 Å². The smallest absolute Gasteiger partial charge is 0.255 e. The minimum atomic E-state index is -1.07. The van der Waals surface area contributed by atoms with Crippen LogP contribution in [0.2, 0.25) is 0 Å². The number of aryl methyl sites for hydroxylation is 1. The molecule has 0 spiro atoms. The number of nitrogens with zero attached hydrogens (tertiary/aromatic N) is 2. The van der Waals surface area contributed by atoms with Gasteiger partial charge in [0.05, 0.1) is 31.3 Å². The van der Waals surface area contributed by atoms with Gasteiger partial charge in [-0.2, -0.15) is 0 Å². The average molecular weight is 708 g/mol. The van der Waals surface area contributed by atoms with E-state index in [0.717, 1.165) is 49.5 Å². The van der Waals surface area contributed by atoms with Gasteiger partial charge in [-0.3, -0.25) is 14.4 Å². The van der Waals surface area contributed by atoms with Crippen LogP contribution >= 0.6 is 10.7 Å². The number of aromatic nitrogens is 1. The van der Waals surface area contributed by atoms with Crippen molar-refractivity contribution in [3.05, 3.63) is 35.9 Å². The summed E-state index contributed by atoms with van der Waals surface area (Å²) in [5, 5.41) is 6.01. The standard InChI is InChI=1S/C38H53N5O6S/c1-7-50(37(5)17-18-37)42-36(46)38-21-25(38)13-11-9-8-10-12-14-28(39)35(45)43-22-26(19-29(43)34(44)41-38)49-31-20-32(48-23(2)3)40-33-24(4)30(47-6)16-15-27(31)33/h7,11,13,15-16,20,23,25-26,28-29H,8-10,12,14,17-19,21-22,39H2,1-6H3,(H,41,44)(H,42,46)/b13-11-/t25-,26-,28+,29+,38-,50?/m1/s1. The van der Waals surface area contributed by atoms with Crippen molar-refractivity contribution >= 4 is 44.7 Å². The van der Waals surface area contributed by atoms with Gasteiger partial charge in [-0.1, -0.05) is 35.7 Å². The summed E-state index contributed by atoms with van der Waals surface area (Å²) in [6.45, 7) is 10.2. The van der Waals surface area contributed by atoms with Gasteiger partial charge in [-0.25, -0.2) is 4.98 Å². The summed E-state index contributed by atoms with van der Waals surface area (Å²) >= 11 is 0. The Kier molecular flexibility index (Phi) is 10.5. The first-order chi connectivity index (χ1) is 23.9. The Morgan fingerprint density at radius 2 is 1.98 bits per heavy atom. The van der Waals surface area contributed by atoms with E-state index >= 15 is 0 Å². The van der Waals surface area contributed by atoms with Crippen LogP contribution in [0, 0.1) is 12.8 Å². The van der Waals surface area contributed by atoms with Crippen LogP contribution in [-0.4, -0.2) is 81.2 Å². The van der Waals surface area contributed by atoms with Gasteiger partial charge in [0.15, 0.2) is 0 Å². The molecule has 272 valence electrons. The van der Waals surface area contributed by atoms with Crippen molar-refractivity contribution < 1.29 is 28.6 Å². The minimum absolute atomic E-state index is 0.0708. The summed E-state index contributed by atoms with van der Waals surface area (Å²) in [5.41, 5.74) is 6.96. The summed E-state index contributed by atoms with van der Waals surface area (Å²) in [7, 11) is 1.22. The van der Waals surface area contributed by atoms with Crippen LogP contribution in [0.4, 0.5) is 0 Å². The quantitative estimate of drug-likeness (QED) is 0.255. The summed E-state index contributed by atoms with van der Waals surface area (Å²) < 4.78 is 21.6. The fourth-order valence-electron chi connectivity index (χ4n) is 7.27. The number of pyridine rings is 1. The molecule has 3 amide bonds. The van der Waals surface area contributed by atoms with Gasteiger partial charge in [0.1, 0.15) is 29.2 Å². The molecular formula is C38H53N5O6S. The SMILES string of the molecule is C/C=S(/NC(=O)[C@@]12C[C@H]1/C=C\CCCCC[C@H](N)C(=O)N1C[C@H](Oc3cc(OC(C)C)nc4c(C)c(OC)ccc34)C[C@H]1C(=O)N2)C1(C)CC1. The van der Waals surface area contributed by atoms with Crippen molar-refractivity contribution in [1.29, 1.82) is 0 Å². The van der Waals surface area contributed by atoms with Gasteiger partial charge in [0, 0.05) is 34.1 Å². The molecule has 6 rings (SSSR count). The van der Waals surface area contributed by atoms with Crippen LogP contribution in [0.15, 0.2) is 30.4 Å². The molecule has 0 bridgehead atoms. The van der Waals surface area contributed by atoms with Crippen molar-refractivity contribution in [2.45, 2.75) is 127 Å². The number of rotatable bonds is 8. The number of benzene rings is 1. The third-order valence-corrected chi connectivity index (χ3v) is 12.9. The second kappa shape index (κ2) is 14.5. The largest absolute Gasteiger partial charge is 0.496 e.